The lowest BCUT2D eigenvalue weighted by Crippen LogP contribution is -2.50. The van der Waals surface area contributed by atoms with E-state index in [2.05, 4.69) is 9.88 Å². The summed E-state index contributed by atoms with van der Waals surface area (Å²) in [4.78, 5) is 33.4. The van der Waals surface area contributed by atoms with Crippen LogP contribution in [0, 0.1) is 5.92 Å². The van der Waals surface area contributed by atoms with Crippen LogP contribution >= 0.6 is 0 Å². The van der Waals surface area contributed by atoms with E-state index in [4.69, 9.17) is 4.74 Å². The number of carboxylic acids is 1. The molecule has 2 saturated heterocycles. The fraction of sp³-hybridized carbons (Fsp3) is 0.472. The number of pyridine rings is 1. The van der Waals surface area contributed by atoms with Gasteiger partial charge in [-0.1, -0.05) is 50.5 Å². The van der Waals surface area contributed by atoms with Gasteiger partial charge in [0.2, 0.25) is 5.67 Å². The van der Waals surface area contributed by atoms with E-state index in [9.17, 15) is 27.9 Å². The van der Waals surface area contributed by atoms with Crippen molar-refractivity contribution in [2.24, 2.45) is 5.92 Å². The average molecular weight is 654 g/mol. The Kier molecular flexibility index (Phi) is 9.04. The van der Waals surface area contributed by atoms with Crippen LogP contribution in [0.1, 0.15) is 78.0 Å². The van der Waals surface area contributed by atoms with E-state index in [1.807, 2.05) is 19.1 Å². The number of likely N-dealkylation sites (tertiary alicyclic amines) is 2. The number of ether oxygens (including phenoxy) is 1. The second-order valence-corrected chi connectivity index (χ2v) is 13.1. The summed E-state index contributed by atoms with van der Waals surface area (Å²) in [5.41, 5.74) is -1.34. The van der Waals surface area contributed by atoms with Crippen molar-refractivity contribution >= 4 is 11.9 Å². The lowest BCUT2D eigenvalue weighted by Gasteiger charge is -2.31. The van der Waals surface area contributed by atoms with Gasteiger partial charge in [0.15, 0.2) is 0 Å². The molecule has 4 atom stereocenters. The first kappa shape index (κ1) is 32.9. The molecule has 2 aliphatic heterocycles. The number of hydrogen-bond donors (Lipinski definition) is 1. The summed E-state index contributed by atoms with van der Waals surface area (Å²) in [6, 6.07) is 13.7. The molecule has 3 aromatic rings. The van der Waals surface area contributed by atoms with Gasteiger partial charge in [0.05, 0.1) is 12.7 Å². The quantitative estimate of drug-likeness (QED) is 0.260. The van der Waals surface area contributed by atoms with Crippen molar-refractivity contribution in [3.8, 4) is 16.9 Å². The number of carbonyl (C=O) groups excluding carboxylic acids is 1. The SMILES string of the molecule is CC[C@H]1CN(C(=O)[C@]2(F)CN(C3CCCC3)C[C@H]2c2ccc(OC)cc2)C[C@@H]1c1ccc(C(F)(F)F)cc1-c1ccc(C(=O)O)nc1. The molecule has 0 unspecified atom stereocenters. The molecule has 3 heterocycles. The van der Waals surface area contributed by atoms with Crippen molar-refractivity contribution in [3.05, 3.63) is 83.2 Å². The average Bonchev–Trinajstić information content (AvgIpc) is 3.83. The van der Waals surface area contributed by atoms with Gasteiger partial charge >= 0.3 is 12.1 Å². The van der Waals surface area contributed by atoms with Gasteiger partial charge in [-0.15, -0.1) is 0 Å². The predicted octanol–water partition coefficient (Wildman–Crippen LogP) is 7.18. The van der Waals surface area contributed by atoms with Crippen molar-refractivity contribution in [3.63, 3.8) is 0 Å². The monoisotopic (exact) mass is 653 g/mol. The number of benzene rings is 2. The highest BCUT2D eigenvalue weighted by Crippen LogP contribution is 2.47. The third-order valence-electron chi connectivity index (χ3n) is 10.4. The van der Waals surface area contributed by atoms with Crippen LogP contribution in [0.15, 0.2) is 60.8 Å². The van der Waals surface area contributed by atoms with E-state index in [0.717, 1.165) is 43.4 Å². The number of methoxy groups -OCH3 is 1. The lowest BCUT2D eigenvalue weighted by atomic mass is 9.82. The molecule has 0 radical (unpaired) electrons. The molecule has 1 aromatic heterocycles. The number of amides is 1. The highest BCUT2D eigenvalue weighted by molar-refractivity contribution is 5.88. The molecule has 3 aliphatic rings. The Balaban J connectivity index is 1.34. The zero-order valence-electron chi connectivity index (χ0n) is 26.5. The van der Waals surface area contributed by atoms with Gasteiger partial charge in [-0.05, 0) is 65.8 Å². The number of rotatable bonds is 8. The summed E-state index contributed by atoms with van der Waals surface area (Å²) in [6.45, 7) is 2.82. The van der Waals surface area contributed by atoms with E-state index in [-0.39, 0.29) is 48.8 Å². The molecule has 0 bridgehead atoms. The van der Waals surface area contributed by atoms with Crippen LogP contribution in [0.4, 0.5) is 17.6 Å². The van der Waals surface area contributed by atoms with Gasteiger partial charge in [-0.2, -0.15) is 13.2 Å². The van der Waals surface area contributed by atoms with Gasteiger partial charge in [-0.25, -0.2) is 14.2 Å². The first-order valence-corrected chi connectivity index (χ1v) is 16.2. The van der Waals surface area contributed by atoms with E-state index >= 15 is 4.39 Å². The number of aromatic nitrogens is 1. The molecule has 0 spiro atoms. The smallest absolute Gasteiger partial charge is 0.416 e. The van der Waals surface area contributed by atoms with Crippen LogP contribution in [0.25, 0.3) is 11.1 Å². The predicted molar refractivity (Wildman–Crippen MR) is 168 cm³/mol. The molecule has 1 aliphatic carbocycles. The molecular formula is C36H39F4N3O4. The molecule has 1 amide bonds. The number of hydrogen-bond acceptors (Lipinski definition) is 5. The van der Waals surface area contributed by atoms with Gasteiger partial charge < -0.3 is 14.7 Å². The topological polar surface area (TPSA) is 83.0 Å². The van der Waals surface area contributed by atoms with E-state index in [0.29, 0.717) is 29.8 Å². The third-order valence-corrected chi connectivity index (χ3v) is 10.4. The van der Waals surface area contributed by atoms with Gasteiger partial charge in [-0.3, -0.25) is 9.69 Å². The second-order valence-electron chi connectivity index (χ2n) is 13.1. The molecule has 1 N–H and O–H groups in total. The first-order valence-electron chi connectivity index (χ1n) is 16.2. The number of alkyl halides is 4. The zero-order valence-corrected chi connectivity index (χ0v) is 26.5. The van der Waals surface area contributed by atoms with Gasteiger partial charge in [0, 0.05) is 55.8 Å². The summed E-state index contributed by atoms with van der Waals surface area (Å²) in [5.74, 6) is -2.36. The maximum absolute atomic E-state index is 17.5. The summed E-state index contributed by atoms with van der Waals surface area (Å²) < 4.78 is 64.4. The number of nitrogens with zero attached hydrogens (tertiary/aromatic N) is 3. The highest BCUT2D eigenvalue weighted by atomic mass is 19.4. The zero-order chi connectivity index (χ0) is 33.5. The summed E-state index contributed by atoms with van der Waals surface area (Å²) in [6.07, 6.45) is 1.39. The Labute approximate surface area is 271 Å². The number of carboxylic acid groups (broad SMARTS) is 1. The third kappa shape index (κ3) is 6.34. The van der Waals surface area contributed by atoms with Crippen LogP contribution in [0.2, 0.25) is 0 Å². The van der Waals surface area contributed by atoms with Crippen LogP contribution in [-0.2, 0) is 11.0 Å². The summed E-state index contributed by atoms with van der Waals surface area (Å²) in [5, 5.41) is 9.29. The van der Waals surface area contributed by atoms with Crippen molar-refractivity contribution in [2.45, 2.75) is 68.8 Å². The molecule has 47 heavy (non-hydrogen) atoms. The Morgan fingerprint density at radius 2 is 1.74 bits per heavy atom. The highest BCUT2D eigenvalue weighted by Gasteiger charge is 2.57. The molecular weight excluding hydrogens is 614 g/mol. The maximum atomic E-state index is 17.5. The molecule has 2 aromatic carbocycles. The number of carbonyl (C=O) groups is 2. The van der Waals surface area contributed by atoms with Crippen molar-refractivity contribution < 1.29 is 37.0 Å². The van der Waals surface area contributed by atoms with Crippen LogP contribution < -0.4 is 4.74 Å². The molecule has 7 nitrogen and oxygen atoms in total. The van der Waals surface area contributed by atoms with Crippen LogP contribution in [-0.4, -0.2) is 76.8 Å². The molecule has 11 heteroatoms. The standard InChI is InChI=1S/C36H39F4N3O4/c1-3-22-18-42(19-30(22)28-14-11-25(36(38,39)40)16-29(28)24-10-15-32(33(44)45)41-17-24)34(46)35(37)21-43(26-6-4-5-7-26)20-31(35)23-8-12-27(47-2)13-9-23/h8-17,22,26,30-31H,3-7,18-21H2,1-2H3,(H,44,45)/t22-,30-,31-,35-/m0/s1. The van der Waals surface area contributed by atoms with Crippen molar-refractivity contribution in [1.82, 2.24) is 14.8 Å². The van der Waals surface area contributed by atoms with Crippen molar-refractivity contribution in [2.75, 3.05) is 33.3 Å². The van der Waals surface area contributed by atoms with Crippen molar-refractivity contribution in [1.29, 1.82) is 0 Å². The second kappa shape index (κ2) is 12.9. The minimum atomic E-state index is -4.60. The van der Waals surface area contributed by atoms with E-state index < -0.39 is 35.2 Å². The number of aromatic carboxylic acids is 1. The Morgan fingerprint density at radius 3 is 2.34 bits per heavy atom. The van der Waals surface area contributed by atoms with Gasteiger partial charge in [0.25, 0.3) is 5.91 Å². The lowest BCUT2D eigenvalue weighted by molar-refractivity contribution is -0.143. The minimum Gasteiger partial charge on any atom is -0.497 e. The first-order chi connectivity index (χ1) is 22.4. The Hall–Kier alpha value is -3.99. The molecule has 6 rings (SSSR count). The molecule has 3 fully saturated rings. The maximum Gasteiger partial charge on any atom is 0.416 e. The van der Waals surface area contributed by atoms with Gasteiger partial charge in [0.1, 0.15) is 11.4 Å². The van der Waals surface area contributed by atoms with Crippen LogP contribution in [0.3, 0.4) is 0 Å². The van der Waals surface area contributed by atoms with E-state index in [1.54, 1.807) is 24.1 Å². The normalized spacial score (nSPS) is 25.4. The largest absolute Gasteiger partial charge is 0.497 e. The fourth-order valence-corrected chi connectivity index (χ4v) is 7.87. The molecule has 1 saturated carbocycles. The Morgan fingerprint density at radius 1 is 1.02 bits per heavy atom. The fourth-order valence-electron chi connectivity index (χ4n) is 7.87. The van der Waals surface area contributed by atoms with Crippen LogP contribution in [0.5, 0.6) is 5.75 Å². The summed E-state index contributed by atoms with van der Waals surface area (Å²) in [7, 11) is 1.56. The Bertz CT molecular complexity index is 1610. The minimum absolute atomic E-state index is 0.00171. The van der Waals surface area contributed by atoms with E-state index in [1.165, 1.54) is 24.4 Å². The number of halogens is 4. The summed E-state index contributed by atoms with van der Waals surface area (Å²) >= 11 is 0. The molecule has 250 valence electrons.